The SMILES string of the molecule is CCCCC/C=C/C/C=C/C/C=C/C/C=C/CCCC(=O)OCC(COCCC(C(=O)[O-])[N+](C)(C)C)OC(=O)CCCCCCCCC/C=C/C/C=C/CCCCCCCCCCC. The average molecular weight is 896 g/mol. The van der Waals surface area contributed by atoms with Crippen molar-refractivity contribution in [1.82, 2.24) is 0 Å². The molecule has 0 spiro atoms. The molecule has 0 aromatic rings. The molecule has 368 valence electrons. The number of rotatable bonds is 46. The van der Waals surface area contributed by atoms with E-state index in [1.54, 1.807) is 21.1 Å². The molecule has 0 aromatic heterocycles. The molecule has 2 atom stereocenters. The Morgan fingerprint density at radius 3 is 1.30 bits per heavy atom. The summed E-state index contributed by atoms with van der Waals surface area (Å²) in [6.07, 6.45) is 59.4. The van der Waals surface area contributed by atoms with Gasteiger partial charge in [0, 0.05) is 19.3 Å². The molecular weight excluding hydrogens is 799 g/mol. The molecule has 0 aliphatic carbocycles. The summed E-state index contributed by atoms with van der Waals surface area (Å²) in [5, 5.41) is 11.7. The zero-order valence-electron chi connectivity index (χ0n) is 41.9. The molecule has 0 rings (SSSR count). The summed E-state index contributed by atoms with van der Waals surface area (Å²) in [4.78, 5) is 37.0. The summed E-state index contributed by atoms with van der Waals surface area (Å²) < 4.78 is 17.2. The van der Waals surface area contributed by atoms with E-state index in [4.69, 9.17) is 14.2 Å². The summed E-state index contributed by atoms with van der Waals surface area (Å²) in [6.45, 7) is 4.57. The van der Waals surface area contributed by atoms with E-state index in [1.807, 2.05) is 0 Å². The van der Waals surface area contributed by atoms with Crippen LogP contribution in [0.2, 0.25) is 0 Å². The predicted molar refractivity (Wildman–Crippen MR) is 268 cm³/mol. The third-order valence-electron chi connectivity index (χ3n) is 11.3. The summed E-state index contributed by atoms with van der Waals surface area (Å²) in [5.41, 5.74) is 0. The van der Waals surface area contributed by atoms with Gasteiger partial charge in [-0.2, -0.15) is 0 Å². The fourth-order valence-corrected chi connectivity index (χ4v) is 7.27. The maximum Gasteiger partial charge on any atom is 0.306 e. The van der Waals surface area contributed by atoms with Gasteiger partial charge >= 0.3 is 11.9 Å². The number of ether oxygens (including phenoxy) is 3. The molecule has 0 aliphatic rings. The first-order valence-electron chi connectivity index (χ1n) is 26.0. The summed E-state index contributed by atoms with van der Waals surface area (Å²) in [7, 11) is 5.39. The second-order valence-corrected chi connectivity index (χ2v) is 18.4. The lowest BCUT2D eigenvalue weighted by Crippen LogP contribution is -2.55. The van der Waals surface area contributed by atoms with Crippen molar-refractivity contribution in [3.8, 4) is 0 Å². The van der Waals surface area contributed by atoms with Gasteiger partial charge in [0.1, 0.15) is 12.6 Å². The molecule has 0 amide bonds. The lowest BCUT2D eigenvalue weighted by atomic mass is 10.1. The fourth-order valence-electron chi connectivity index (χ4n) is 7.27. The molecular formula is C56H97NO7. The van der Waals surface area contributed by atoms with Gasteiger partial charge in [-0.1, -0.05) is 183 Å². The van der Waals surface area contributed by atoms with Gasteiger partial charge in [-0.05, 0) is 83.5 Å². The highest BCUT2D eigenvalue weighted by Crippen LogP contribution is 2.14. The van der Waals surface area contributed by atoms with Gasteiger partial charge < -0.3 is 28.6 Å². The van der Waals surface area contributed by atoms with Gasteiger partial charge in [0.2, 0.25) is 0 Å². The number of likely N-dealkylation sites (N-methyl/N-ethyl adjacent to an activating group) is 1. The molecule has 0 aromatic carbocycles. The first kappa shape index (κ1) is 60.8. The second kappa shape index (κ2) is 46.3. The lowest BCUT2D eigenvalue weighted by molar-refractivity contribution is -0.889. The van der Waals surface area contributed by atoms with Gasteiger partial charge in [0.05, 0.1) is 40.3 Å². The minimum absolute atomic E-state index is 0.0173. The van der Waals surface area contributed by atoms with Crippen molar-refractivity contribution < 1.29 is 38.2 Å². The van der Waals surface area contributed by atoms with Crippen molar-refractivity contribution in [2.75, 3.05) is 41.0 Å². The zero-order chi connectivity index (χ0) is 47.0. The lowest BCUT2D eigenvalue weighted by Gasteiger charge is -2.34. The second-order valence-electron chi connectivity index (χ2n) is 18.4. The number of carboxylic acid groups (broad SMARTS) is 1. The Labute approximate surface area is 393 Å². The molecule has 0 saturated carbocycles. The van der Waals surface area contributed by atoms with Crippen molar-refractivity contribution in [3.05, 3.63) is 72.9 Å². The Balaban J connectivity index is 4.33. The van der Waals surface area contributed by atoms with Crippen molar-refractivity contribution in [3.63, 3.8) is 0 Å². The summed E-state index contributed by atoms with van der Waals surface area (Å²) >= 11 is 0. The van der Waals surface area contributed by atoms with E-state index in [-0.39, 0.29) is 49.1 Å². The number of esters is 2. The first-order valence-corrected chi connectivity index (χ1v) is 26.0. The number of hydrogen-bond acceptors (Lipinski definition) is 7. The molecule has 64 heavy (non-hydrogen) atoms. The van der Waals surface area contributed by atoms with Crippen molar-refractivity contribution >= 4 is 17.9 Å². The van der Waals surface area contributed by atoms with Crippen LogP contribution in [0.4, 0.5) is 0 Å². The van der Waals surface area contributed by atoms with E-state index in [0.717, 1.165) is 64.2 Å². The average Bonchev–Trinajstić information content (AvgIpc) is 3.26. The first-order chi connectivity index (χ1) is 31.1. The number of carboxylic acids is 1. The maximum atomic E-state index is 12.8. The van der Waals surface area contributed by atoms with Gasteiger partial charge in [-0.25, -0.2) is 0 Å². The van der Waals surface area contributed by atoms with E-state index < -0.39 is 18.1 Å². The Bertz CT molecular complexity index is 1270. The van der Waals surface area contributed by atoms with E-state index in [1.165, 1.54) is 109 Å². The topological polar surface area (TPSA) is 102 Å². The van der Waals surface area contributed by atoms with Gasteiger partial charge in [-0.15, -0.1) is 0 Å². The molecule has 0 heterocycles. The van der Waals surface area contributed by atoms with Gasteiger partial charge in [-0.3, -0.25) is 9.59 Å². The molecule has 0 radical (unpaired) electrons. The summed E-state index contributed by atoms with van der Waals surface area (Å²) in [6, 6.07) is -0.739. The molecule has 8 nitrogen and oxygen atoms in total. The zero-order valence-corrected chi connectivity index (χ0v) is 41.9. The van der Waals surface area contributed by atoms with Gasteiger partial charge in [0.15, 0.2) is 6.10 Å². The van der Waals surface area contributed by atoms with E-state index >= 15 is 0 Å². The Morgan fingerprint density at radius 2 is 0.844 bits per heavy atom. The van der Waals surface area contributed by atoms with Crippen LogP contribution in [0.1, 0.15) is 213 Å². The quantitative estimate of drug-likeness (QED) is 0.0259. The molecule has 0 bridgehead atoms. The maximum absolute atomic E-state index is 12.8. The van der Waals surface area contributed by atoms with Crippen LogP contribution in [-0.2, 0) is 28.6 Å². The third-order valence-corrected chi connectivity index (χ3v) is 11.3. The number of carbonyl (C=O) groups is 3. The van der Waals surface area contributed by atoms with Crippen LogP contribution >= 0.6 is 0 Å². The predicted octanol–water partition coefficient (Wildman–Crippen LogP) is 13.8. The third kappa shape index (κ3) is 44.0. The van der Waals surface area contributed by atoms with Crippen LogP contribution in [0.15, 0.2) is 72.9 Å². The van der Waals surface area contributed by atoms with E-state index in [9.17, 15) is 19.5 Å². The Kier molecular flexibility index (Phi) is 44.0. The van der Waals surface area contributed by atoms with Crippen LogP contribution < -0.4 is 5.11 Å². The van der Waals surface area contributed by atoms with Gasteiger partial charge in [0.25, 0.3) is 0 Å². The minimum Gasteiger partial charge on any atom is -0.544 e. The largest absolute Gasteiger partial charge is 0.544 e. The van der Waals surface area contributed by atoms with Crippen molar-refractivity contribution in [1.29, 1.82) is 0 Å². The van der Waals surface area contributed by atoms with Crippen molar-refractivity contribution in [2.24, 2.45) is 0 Å². The standard InChI is InChI=1S/C56H97NO7/c1-6-8-10-12-14-16-18-20-22-24-25-26-27-28-29-31-33-35-37-39-41-43-45-47-55(59)64-52(50-62-49-48-53(56(60)61)57(3,4)5)51-63-54(58)46-44-42-40-38-36-34-32-30-23-21-19-17-15-13-11-9-7-2/h15,17,21,23,25-26,28-29,32,34,38,40,52-53H,6-14,16,18-20,22,24,27,30-31,33,35-37,39,41-51H2,1-5H3/b17-15+,23-21+,26-25+,29-28+,34-32+,40-38+. The van der Waals surface area contributed by atoms with Crippen LogP contribution in [0.3, 0.4) is 0 Å². The molecule has 8 heteroatoms. The van der Waals surface area contributed by atoms with Crippen molar-refractivity contribution in [2.45, 2.75) is 225 Å². The highest BCUT2D eigenvalue weighted by Gasteiger charge is 2.25. The molecule has 2 unspecified atom stereocenters. The van der Waals surface area contributed by atoms with E-state index in [0.29, 0.717) is 12.8 Å². The smallest absolute Gasteiger partial charge is 0.306 e. The molecule has 0 aliphatic heterocycles. The van der Waals surface area contributed by atoms with Crippen LogP contribution in [-0.4, -0.2) is 75.5 Å². The highest BCUT2D eigenvalue weighted by molar-refractivity contribution is 5.70. The number of hydrogen-bond donors (Lipinski definition) is 0. The van der Waals surface area contributed by atoms with Crippen LogP contribution in [0.5, 0.6) is 0 Å². The highest BCUT2D eigenvalue weighted by atomic mass is 16.6. The van der Waals surface area contributed by atoms with Crippen LogP contribution in [0, 0.1) is 0 Å². The molecule has 0 fully saturated rings. The molecule has 0 N–H and O–H groups in total. The number of allylic oxidation sites excluding steroid dienone is 12. The monoisotopic (exact) mass is 896 g/mol. The van der Waals surface area contributed by atoms with Crippen LogP contribution in [0.25, 0.3) is 0 Å². The minimum atomic E-state index is -1.13. The Hall–Kier alpha value is -3.23. The normalized spacial score (nSPS) is 13.5. The number of quaternary nitrogens is 1. The number of carbonyl (C=O) groups excluding carboxylic acids is 3. The molecule has 0 saturated heterocycles. The number of aliphatic carboxylic acids is 1. The Morgan fingerprint density at radius 1 is 0.469 bits per heavy atom. The fraction of sp³-hybridized carbons (Fsp3) is 0.732. The summed E-state index contributed by atoms with van der Waals surface area (Å²) in [5.74, 6) is -1.82. The number of nitrogens with zero attached hydrogens (tertiary/aromatic N) is 1. The van der Waals surface area contributed by atoms with E-state index in [2.05, 4.69) is 86.8 Å². The number of unbranched alkanes of at least 4 members (excludes halogenated alkanes) is 20.